The van der Waals surface area contributed by atoms with Gasteiger partial charge in [0.15, 0.2) is 0 Å². The first-order chi connectivity index (χ1) is 17.1. The predicted octanol–water partition coefficient (Wildman–Crippen LogP) is 4.45. The molecule has 1 saturated heterocycles. The van der Waals surface area contributed by atoms with Crippen molar-refractivity contribution in [2.75, 3.05) is 23.9 Å². The SMILES string of the molecule is Cc1cc(/C(O)=C2/C(=O)C(=O)N(c3ccc(CC(=O)O)cc3)C2c2ccc(N(C)C)cc2)ccc1F. The summed E-state index contributed by atoms with van der Waals surface area (Å²) in [6.45, 7) is 1.54. The molecule has 8 heteroatoms. The van der Waals surface area contributed by atoms with Crippen LogP contribution in [-0.2, 0) is 20.8 Å². The maximum Gasteiger partial charge on any atom is 0.307 e. The molecule has 7 nitrogen and oxygen atoms in total. The quantitative estimate of drug-likeness (QED) is 0.302. The van der Waals surface area contributed by atoms with Gasteiger partial charge in [0.25, 0.3) is 11.7 Å². The van der Waals surface area contributed by atoms with Crippen molar-refractivity contribution in [1.82, 2.24) is 0 Å². The van der Waals surface area contributed by atoms with E-state index in [0.29, 0.717) is 16.8 Å². The van der Waals surface area contributed by atoms with E-state index >= 15 is 0 Å². The number of ketones is 1. The number of aliphatic carboxylic acids is 1. The summed E-state index contributed by atoms with van der Waals surface area (Å²) in [5.41, 5.74) is 2.81. The van der Waals surface area contributed by atoms with E-state index in [1.165, 1.54) is 23.1 Å². The summed E-state index contributed by atoms with van der Waals surface area (Å²) in [6, 6.07) is 16.6. The highest BCUT2D eigenvalue weighted by atomic mass is 19.1. The van der Waals surface area contributed by atoms with Gasteiger partial charge in [-0.05, 0) is 66.1 Å². The highest BCUT2D eigenvalue weighted by molar-refractivity contribution is 6.51. The number of carboxylic acids is 1. The van der Waals surface area contributed by atoms with Crippen molar-refractivity contribution in [2.24, 2.45) is 0 Å². The fourth-order valence-corrected chi connectivity index (χ4v) is 4.27. The maximum atomic E-state index is 13.9. The Bertz CT molecular complexity index is 1380. The van der Waals surface area contributed by atoms with E-state index in [-0.39, 0.29) is 23.1 Å². The second-order valence-corrected chi connectivity index (χ2v) is 8.86. The van der Waals surface area contributed by atoms with Gasteiger partial charge >= 0.3 is 5.97 Å². The number of nitrogens with zero attached hydrogens (tertiary/aromatic N) is 2. The average molecular weight is 489 g/mol. The number of anilines is 2. The smallest absolute Gasteiger partial charge is 0.307 e. The molecule has 1 heterocycles. The Morgan fingerprint density at radius 2 is 1.61 bits per heavy atom. The lowest BCUT2D eigenvalue weighted by atomic mass is 9.94. The van der Waals surface area contributed by atoms with E-state index < -0.39 is 35.3 Å². The summed E-state index contributed by atoms with van der Waals surface area (Å²) >= 11 is 0. The van der Waals surface area contributed by atoms with Crippen molar-refractivity contribution in [3.8, 4) is 0 Å². The summed E-state index contributed by atoms with van der Waals surface area (Å²) in [5.74, 6) is -3.54. The Labute approximate surface area is 207 Å². The molecule has 2 N–H and O–H groups in total. The number of benzene rings is 3. The third-order valence-corrected chi connectivity index (χ3v) is 6.17. The first-order valence-electron chi connectivity index (χ1n) is 11.2. The van der Waals surface area contributed by atoms with Crippen LogP contribution in [0.4, 0.5) is 15.8 Å². The van der Waals surface area contributed by atoms with E-state index in [1.54, 1.807) is 43.3 Å². The molecule has 0 aliphatic carbocycles. The van der Waals surface area contributed by atoms with Gasteiger partial charge in [-0.1, -0.05) is 24.3 Å². The molecule has 0 saturated carbocycles. The van der Waals surface area contributed by atoms with Crippen LogP contribution in [0.1, 0.15) is 28.3 Å². The molecule has 0 radical (unpaired) electrons. The van der Waals surface area contributed by atoms with Gasteiger partial charge in [0.2, 0.25) is 0 Å². The molecule has 36 heavy (non-hydrogen) atoms. The summed E-state index contributed by atoms with van der Waals surface area (Å²) in [5, 5.41) is 20.2. The van der Waals surface area contributed by atoms with Gasteiger partial charge in [-0.15, -0.1) is 0 Å². The molecule has 0 spiro atoms. The summed E-state index contributed by atoms with van der Waals surface area (Å²) in [6.07, 6.45) is -0.182. The van der Waals surface area contributed by atoms with E-state index in [4.69, 9.17) is 5.11 Å². The Morgan fingerprint density at radius 1 is 0.972 bits per heavy atom. The molecule has 0 aromatic heterocycles. The van der Waals surface area contributed by atoms with Crippen LogP contribution in [0, 0.1) is 12.7 Å². The number of hydrogen-bond donors (Lipinski definition) is 2. The van der Waals surface area contributed by atoms with Gasteiger partial charge < -0.3 is 15.1 Å². The monoisotopic (exact) mass is 488 g/mol. The van der Waals surface area contributed by atoms with Crippen LogP contribution in [-0.4, -0.2) is 42.0 Å². The van der Waals surface area contributed by atoms with Crippen LogP contribution in [0.2, 0.25) is 0 Å². The number of halogens is 1. The molecule has 184 valence electrons. The molecule has 1 aliphatic heterocycles. The van der Waals surface area contributed by atoms with Crippen LogP contribution >= 0.6 is 0 Å². The van der Waals surface area contributed by atoms with Gasteiger partial charge in [0.05, 0.1) is 18.0 Å². The Kier molecular flexibility index (Phi) is 6.61. The number of rotatable bonds is 6. The van der Waals surface area contributed by atoms with Gasteiger partial charge in [0, 0.05) is 31.0 Å². The number of carbonyl (C=O) groups excluding carboxylic acids is 2. The van der Waals surface area contributed by atoms with Crippen molar-refractivity contribution in [2.45, 2.75) is 19.4 Å². The van der Waals surface area contributed by atoms with Crippen molar-refractivity contribution >= 4 is 34.8 Å². The molecular formula is C28H25FN2O5. The summed E-state index contributed by atoms with van der Waals surface area (Å²) in [7, 11) is 3.77. The third-order valence-electron chi connectivity index (χ3n) is 6.17. The number of aliphatic hydroxyl groups excluding tert-OH is 1. The highest BCUT2D eigenvalue weighted by Crippen LogP contribution is 2.42. The first-order valence-corrected chi connectivity index (χ1v) is 11.2. The summed E-state index contributed by atoms with van der Waals surface area (Å²) < 4.78 is 13.9. The normalized spacial score (nSPS) is 16.9. The fourth-order valence-electron chi connectivity index (χ4n) is 4.27. The standard InChI is InChI=1S/C28H25FN2O5/c1-16-14-19(8-13-22(16)29)26(34)24-25(18-6-11-20(12-7-18)30(2)3)31(28(36)27(24)35)21-9-4-17(5-10-21)15-23(32)33/h4-14,25,34H,15H2,1-3H3,(H,32,33)/b26-24-. The Hall–Kier alpha value is -4.46. The van der Waals surface area contributed by atoms with Gasteiger partial charge in [-0.3, -0.25) is 19.3 Å². The second kappa shape index (κ2) is 9.65. The number of amides is 1. The topological polar surface area (TPSA) is 98.2 Å². The van der Waals surface area contributed by atoms with Crippen molar-refractivity contribution < 1.29 is 29.0 Å². The van der Waals surface area contributed by atoms with Crippen molar-refractivity contribution in [3.63, 3.8) is 0 Å². The lowest BCUT2D eigenvalue weighted by Gasteiger charge is -2.26. The Morgan fingerprint density at radius 3 is 2.17 bits per heavy atom. The molecule has 1 atom stereocenters. The largest absolute Gasteiger partial charge is 0.507 e. The zero-order valence-electron chi connectivity index (χ0n) is 20.0. The number of carboxylic acid groups (broad SMARTS) is 1. The molecule has 3 aromatic rings. The Balaban J connectivity index is 1.88. The average Bonchev–Trinajstić information content (AvgIpc) is 3.11. The molecule has 1 unspecified atom stereocenters. The van der Waals surface area contributed by atoms with E-state index in [9.17, 15) is 23.9 Å². The van der Waals surface area contributed by atoms with Gasteiger partial charge in [0.1, 0.15) is 11.6 Å². The number of carbonyl (C=O) groups is 3. The minimum atomic E-state index is -0.987. The lowest BCUT2D eigenvalue weighted by Crippen LogP contribution is -2.29. The molecule has 3 aromatic carbocycles. The molecule has 4 rings (SSSR count). The van der Waals surface area contributed by atoms with Crippen LogP contribution < -0.4 is 9.80 Å². The van der Waals surface area contributed by atoms with Crippen molar-refractivity contribution in [3.05, 3.63) is 100 Å². The molecule has 1 fully saturated rings. The number of Topliss-reactive ketones (excluding diaryl/α,β-unsaturated/α-hetero) is 1. The lowest BCUT2D eigenvalue weighted by molar-refractivity contribution is -0.136. The predicted molar refractivity (Wildman–Crippen MR) is 134 cm³/mol. The number of aryl methyl sites for hydroxylation is 1. The fraction of sp³-hybridized carbons (Fsp3) is 0.179. The van der Waals surface area contributed by atoms with E-state index in [1.807, 2.05) is 31.1 Å². The molecular weight excluding hydrogens is 463 g/mol. The van der Waals surface area contributed by atoms with Crippen LogP contribution in [0.25, 0.3) is 5.76 Å². The van der Waals surface area contributed by atoms with Gasteiger partial charge in [-0.25, -0.2) is 4.39 Å². The molecule has 1 aliphatic rings. The minimum absolute atomic E-state index is 0.113. The van der Waals surface area contributed by atoms with Gasteiger partial charge in [-0.2, -0.15) is 0 Å². The van der Waals surface area contributed by atoms with E-state index in [0.717, 1.165) is 5.69 Å². The minimum Gasteiger partial charge on any atom is -0.507 e. The van der Waals surface area contributed by atoms with Crippen LogP contribution in [0.5, 0.6) is 0 Å². The summed E-state index contributed by atoms with van der Waals surface area (Å²) in [4.78, 5) is 40.8. The zero-order chi connectivity index (χ0) is 26.1. The van der Waals surface area contributed by atoms with Crippen LogP contribution in [0.15, 0.2) is 72.3 Å². The third kappa shape index (κ3) is 4.57. The number of hydrogen-bond acceptors (Lipinski definition) is 5. The van der Waals surface area contributed by atoms with Crippen molar-refractivity contribution in [1.29, 1.82) is 0 Å². The first kappa shape index (κ1) is 24.7. The highest BCUT2D eigenvalue weighted by Gasteiger charge is 2.47. The second-order valence-electron chi connectivity index (χ2n) is 8.86. The van der Waals surface area contributed by atoms with Crippen LogP contribution in [0.3, 0.4) is 0 Å². The molecule has 0 bridgehead atoms. The zero-order valence-corrected chi connectivity index (χ0v) is 20.0. The number of aliphatic hydroxyl groups is 1. The maximum absolute atomic E-state index is 13.9. The van der Waals surface area contributed by atoms with E-state index in [2.05, 4.69) is 0 Å². The molecule has 1 amide bonds.